The van der Waals surface area contributed by atoms with Crippen LogP contribution in [0.3, 0.4) is 0 Å². The van der Waals surface area contributed by atoms with Crippen molar-refractivity contribution in [3.8, 4) is 17.5 Å². The zero-order valence-electron chi connectivity index (χ0n) is 13.2. The van der Waals surface area contributed by atoms with E-state index in [1.165, 1.54) is 6.33 Å². The number of hydrogen-bond acceptors (Lipinski definition) is 6. The van der Waals surface area contributed by atoms with E-state index in [1.54, 1.807) is 26.0 Å². The van der Waals surface area contributed by atoms with E-state index in [0.29, 0.717) is 5.75 Å². The summed E-state index contributed by atoms with van der Waals surface area (Å²) < 4.78 is 11.0. The maximum atomic E-state index is 11.4. The lowest BCUT2D eigenvalue weighted by molar-refractivity contribution is -0.387. The molecule has 0 bridgehead atoms. The van der Waals surface area contributed by atoms with Crippen molar-refractivity contribution >= 4 is 16.5 Å². The SMILES string of the molecule is CC(C)Oc1ncnc(Oc2ccc3ccccc3c2)c1[N+](=O)[O-]. The Labute approximate surface area is 138 Å². The van der Waals surface area contributed by atoms with Crippen LogP contribution in [0.4, 0.5) is 5.69 Å². The molecule has 0 spiro atoms. The minimum absolute atomic E-state index is 0.110. The van der Waals surface area contributed by atoms with E-state index < -0.39 is 4.92 Å². The first-order valence-electron chi connectivity index (χ1n) is 7.37. The minimum Gasteiger partial charge on any atom is -0.470 e. The van der Waals surface area contributed by atoms with Crippen LogP contribution in [0.15, 0.2) is 48.8 Å². The number of aromatic nitrogens is 2. The second kappa shape index (κ2) is 6.49. The number of ether oxygens (including phenoxy) is 2. The van der Waals surface area contributed by atoms with Crippen LogP contribution < -0.4 is 9.47 Å². The zero-order chi connectivity index (χ0) is 17.1. The fourth-order valence-corrected chi connectivity index (χ4v) is 2.23. The lowest BCUT2D eigenvalue weighted by atomic mass is 10.1. The highest BCUT2D eigenvalue weighted by Crippen LogP contribution is 2.36. The molecule has 3 aromatic rings. The molecule has 0 aliphatic heterocycles. The third kappa shape index (κ3) is 3.24. The molecular formula is C17H15N3O4. The molecule has 0 amide bonds. The van der Waals surface area contributed by atoms with Gasteiger partial charge < -0.3 is 9.47 Å². The van der Waals surface area contributed by atoms with Gasteiger partial charge in [0.05, 0.1) is 11.0 Å². The van der Waals surface area contributed by atoms with Gasteiger partial charge in [-0.25, -0.2) is 0 Å². The van der Waals surface area contributed by atoms with Crippen molar-refractivity contribution in [3.05, 3.63) is 58.9 Å². The predicted octanol–water partition coefficient (Wildman–Crippen LogP) is 4.12. The van der Waals surface area contributed by atoms with Crippen LogP contribution >= 0.6 is 0 Å². The molecule has 0 radical (unpaired) electrons. The second-order valence-electron chi connectivity index (χ2n) is 5.37. The average molecular weight is 325 g/mol. The van der Waals surface area contributed by atoms with Gasteiger partial charge in [-0.1, -0.05) is 30.3 Å². The molecule has 24 heavy (non-hydrogen) atoms. The molecule has 3 rings (SSSR count). The van der Waals surface area contributed by atoms with Gasteiger partial charge in [-0.15, -0.1) is 0 Å². The quantitative estimate of drug-likeness (QED) is 0.518. The van der Waals surface area contributed by atoms with Crippen LogP contribution in [0.25, 0.3) is 10.8 Å². The highest BCUT2D eigenvalue weighted by Gasteiger charge is 2.27. The smallest absolute Gasteiger partial charge is 0.392 e. The minimum atomic E-state index is -0.603. The van der Waals surface area contributed by atoms with E-state index >= 15 is 0 Å². The average Bonchev–Trinajstić information content (AvgIpc) is 2.54. The molecule has 2 aromatic carbocycles. The van der Waals surface area contributed by atoms with Crippen molar-refractivity contribution in [3.63, 3.8) is 0 Å². The molecule has 0 N–H and O–H groups in total. The second-order valence-corrected chi connectivity index (χ2v) is 5.37. The van der Waals surface area contributed by atoms with Gasteiger partial charge in [0.2, 0.25) is 0 Å². The first kappa shape index (κ1) is 15.7. The standard InChI is InChI=1S/C17H15N3O4/c1-11(2)23-16-15(20(21)22)17(19-10-18-16)24-14-8-7-12-5-3-4-6-13(12)9-14/h3-11H,1-2H3. The zero-order valence-corrected chi connectivity index (χ0v) is 13.2. The summed E-state index contributed by atoms with van der Waals surface area (Å²) >= 11 is 0. The largest absolute Gasteiger partial charge is 0.470 e. The number of benzene rings is 2. The topological polar surface area (TPSA) is 87.4 Å². The Hall–Kier alpha value is -3.22. The molecule has 0 aliphatic carbocycles. The highest BCUT2D eigenvalue weighted by atomic mass is 16.6. The van der Waals surface area contributed by atoms with Crippen LogP contribution in [0.2, 0.25) is 0 Å². The first-order chi connectivity index (χ1) is 11.5. The summed E-state index contributed by atoms with van der Waals surface area (Å²) in [4.78, 5) is 18.5. The maximum absolute atomic E-state index is 11.4. The third-order valence-electron chi connectivity index (χ3n) is 3.22. The number of nitrogens with zero attached hydrogens (tertiary/aromatic N) is 3. The van der Waals surface area contributed by atoms with Crippen molar-refractivity contribution in [1.29, 1.82) is 0 Å². The molecular weight excluding hydrogens is 310 g/mol. The van der Waals surface area contributed by atoms with Crippen LogP contribution in [-0.4, -0.2) is 21.0 Å². The van der Waals surface area contributed by atoms with E-state index in [2.05, 4.69) is 9.97 Å². The van der Waals surface area contributed by atoms with Gasteiger partial charge in [-0.05, 0) is 36.8 Å². The third-order valence-corrected chi connectivity index (χ3v) is 3.22. The van der Waals surface area contributed by atoms with Crippen LogP contribution in [-0.2, 0) is 0 Å². The molecule has 1 heterocycles. The molecule has 0 atom stereocenters. The summed E-state index contributed by atoms with van der Waals surface area (Å²) in [5, 5.41) is 13.4. The Morgan fingerprint density at radius 1 is 1.04 bits per heavy atom. The van der Waals surface area contributed by atoms with Gasteiger partial charge in [0, 0.05) is 0 Å². The van der Waals surface area contributed by atoms with Gasteiger partial charge >= 0.3 is 17.4 Å². The van der Waals surface area contributed by atoms with E-state index in [-0.39, 0.29) is 23.6 Å². The Kier molecular flexibility index (Phi) is 4.24. The summed E-state index contributed by atoms with van der Waals surface area (Å²) in [6, 6.07) is 13.2. The van der Waals surface area contributed by atoms with Crippen molar-refractivity contribution in [2.45, 2.75) is 20.0 Å². The number of nitro groups is 1. The normalized spacial score (nSPS) is 10.8. The van der Waals surface area contributed by atoms with E-state index in [1.807, 2.05) is 30.3 Å². The summed E-state index contributed by atoms with van der Waals surface area (Å²) in [6.45, 7) is 3.52. The maximum Gasteiger partial charge on any atom is 0.392 e. The predicted molar refractivity (Wildman–Crippen MR) is 88.5 cm³/mol. The molecule has 0 saturated carbocycles. The Morgan fingerprint density at radius 2 is 1.75 bits per heavy atom. The summed E-state index contributed by atoms with van der Waals surface area (Å²) in [5.74, 6) is 0.188. The lowest BCUT2D eigenvalue weighted by Crippen LogP contribution is -2.10. The number of fused-ring (bicyclic) bond motifs is 1. The van der Waals surface area contributed by atoms with Gasteiger partial charge in [0.15, 0.2) is 0 Å². The molecule has 1 aromatic heterocycles. The molecule has 122 valence electrons. The molecule has 0 saturated heterocycles. The first-order valence-corrected chi connectivity index (χ1v) is 7.37. The Bertz CT molecular complexity index is 896. The van der Waals surface area contributed by atoms with Gasteiger partial charge in [-0.2, -0.15) is 9.97 Å². The van der Waals surface area contributed by atoms with Crippen molar-refractivity contribution in [2.75, 3.05) is 0 Å². The summed E-state index contributed by atoms with van der Waals surface area (Å²) in [6.07, 6.45) is 0.924. The number of rotatable bonds is 5. The molecule has 7 heteroatoms. The molecule has 0 fully saturated rings. The summed E-state index contributed by atoms with van der Waals surface area (Å²) in [5.41, 5.74) is -0.389. The lowest BCUT2D eigenvalue weighted by Gasteiger charge is -2.11. The van der Waals surface area contributed by atoms with E-state index in [9.17, 15) is 10.1 Å². The van der Waals surface area contributed by atoms with E-state index in [0.717, 1.165) is 10.8 Å². The molecule has 0 unspecified atom stereocenters. The highest BCUT2D eigenvalue weighted by molar-refractivity contribution is 5.83. The fraction of sp³-hybridized carbons (Fsp3) is 0.176. The summed E-state index contributed by atoms with van der Waals surface area (Å²) in [7, 11) is 0. The van der Waals surface area contributed by atoms with Gasteiger partial charge in [-0.3, -0.25) is 10.1 Å². The van der Waals surface area contributed by atoms with Crippen molar-refractivity contribution in [2.24, 2.45) is 0 Å². The van der Waals surface area contributed by atoms with Crippen LogP contribution in [0.5, 0.6) is 17.5 Å². The Balaban J connectivity index is 2.00. The number of hydrogen-bond donors (Lipinski definition) is 0. The monoisotopic (exact) mass is 325 g/mol. The molecule has 0 aliphatic rings. The van der Waals surface area contributed by atoms with Crippen molar-refractivity contribution in [1.82, 2.24) is 9.97 Å². The Morgan fingerprint density at radius 3 is 2.46 bits per heavy atom. The van der Waals surface area contributed by atoms with Crippen molar-refractivity contribution < 1.29 is 14.4 Å². The molecule has 7 nitrogen and oxygen atoms in total. The van der Waals surface area contributed by atoms with Crippen LogP contribution in [0, 0.1) is 10.1 Å². The fourth-order valence-electron chi connectivity index (χ4n) is 2.23. The van der Waals surface area contributed by atoms with Crippen LogP contribution in [0.1, 0.15) is 13.8 Å². The van der Waals surface area contributed by atoms with Gasteiger partial charge in [0.1, 0.15) is 12.1 Å². The van der Waals surface area contributed by atoms with Gasteiger partial charge in [0.25, 0.3) is 0 Å². The van der Waals surface area contributed by atoms with E-state index in [4.69, 9.17) is 9.47 Å².